The second-order valence-electron chi connectivity index (χ2n) is 4.70. The maximum Gasteiger partial charge on any atom is 0.446 e. The molecular weight excluding hydrogens is 359 g/mol. The van der Waals surface area contributed by atoms with Gasteiger partial charge < -0.3 is 10.2 Å². The van der Waals surface area contributed by atoms with E-state index in [1.54, 1.807) is 24.0 Å². The molecule has 24 heavy (non-hydrogen) atoms. The van der Waals surface area contributed by atoms with Crippen LogP contribution in [-0.4, -0.2) is 21.2 Å². The van der Waals surface area contributed by atoms with Gasteiger partial charge in [0.2, 0.25) is 5.89 Å². The van der Waals surface area contributed by atoms with Gasteiger partial charge in [0.25, 0.3) is 0 Å². The molecule has 0 radical (unpaired) electrons. The van der Waals surface area contributed by atoms with E-state index in [0.29, 0.717) is 16.7 Å². The first-order valence-electron chi connectivity index (χ1n) is 6.91. The van der Waals surface area contributed by atoms with Gasteiger partial charge in [-0.05, 0) is 41.8 Å². The first kappa shape index (κ1) is 17.0. The average Bonchev–Trinajstić information content (AvgIpc) is 2.88. The van der Waals surface area contributed by atoms with E-state index in [1.165, 1.54) is 18.2 Å². The Bertz CT molecular complexity index is 880. The van der Waals surface area contributed by atoms with Crippen molar-refractivity contribution in [3.8, 4) is 11.5 Å². The Morgan fingerprint density at radius 2 is 2.04 bits per heavy atom. The van der Waals surface area contributed by atoms with Gasteiger partial charge in [-0.25, -0.2) is 9.97 Å². The third-order valence-electron chi connectivity index (χ3n) is 3.05. The van der Waals surface area contributed by atoms with Gasteiger partial charge in [0.1, 0.15) is 11.3 Å². The second-order valence-corrected chi connectivity index (χ2v) is 7.14. The first-order valence-corrected chi connectivity index (χ1v) is 8.71. The number of aromatic nitrogens is 2. The van der Waals surface area contributed by atoms with Crippen LogP contribution < -0.4 is 5.73 Å². The van der Waals surface area contributed by atoms with Crippen molar-refractivity contribution in [3.63, 3.8) is 0 Å². The Morgan fingerprint density at radius 1 is 1.25 bits per heavy atom. The molecule has 0 amide bonds. The van der Waals surface area contributed by atoms with E-state index in [9.17, 15) is 13.2 Å². The highest BCUT2D eigenvalue weighted by atomic mass is 32.2. The molecule has 0 fully saturated rings. The molecule has 2 aromatic heterocycles. The predicted octanol–water partition coefficient (Wildman–Crippen LogP) is 5.20. The number of nitrogen functional groups attached to an aromatic ring is 1. The van der Waals surface area contributed by atoms with Gasteiger partial charge in [0.15, 0.2) is 5.58 Å². The number of fused-ring (bicyclic) bond motifs is 1. The topological polar surface area (TPSA) is 64.9 Å². The number of benzene rings is 1. The van der Waals surface area contributed by atoms with Crippen LogP contribution in [0.5, 0.6) is 0 Å². The molecule has 2 heterocycles. The van der Waals surface area contributed by atoms with Crippen molar-refractivity contribution in [1.29, 1.82) is 0 Å². The molecule has 0 saturated carbocycles. The van der Waals surface area contributed by atoms with Crippen molar-refractivity contribution < 1.29 is 17.6 Å². The lowest BCUT2D eigenvalue weighted by atomic mass is 10.2. The zero-order chi connectivity index (χ0) is 17.3. The van der Waals surface area contributed by atoms with Gasteiger partial charge in [0, 0.05) is 16.0 Å². The molecule has 0 aliphatic heterocycles. The molecule has 2 N–H and O–H groups in total. The van der Waals surface area contributed by atoms with Crippen molar-refractivity contribution in [2.75, 3.05) is 11.5 Å². The fourth-order valence-electron chi connectivity index (χ4n) is 2.16. The molecule has 0 atom stereocenters. The van der Waals surface area contributed by atoms with Crippen LogP contribution in [0.1, 0.15) is 6.92 Å². The van der Waals surface area contributed by atoms with E-state index in [0.717, 1.165) is 10.6 Å². The van der Waals surface area contributed by atoms with E-state index in [1.807, 2.05) is 6.92 Å². The molecule has 0 aliphatic carbocycles. The van der Waals surface area contributed by atoms with Crippen molar-refractivity contribution in [2.45, 2.75) is 22.2 Å². The fraction of sp³-hybridized carbons (Fsp3) is 0.200. The Morgan fingerprint density at radius 3 is 2.75 bits per heavy atom. The molecule has 1 aromatic carbocycles. The molecule has 3 aromatic rings. The van der Waals surface area contributed by atoms with Crippen LogP contribution >= 0.6 is 23.5 Å². The molecule has 0 bridgehead atoms. The van der Waals surface area contributed by atoms with E-state index in [-0.39, 0.29) is 28.4 Å². The minimum absolute atomic E-state index is 0.0529. The van der Waals surface area contributed by atoms with Crippen LogP contribution in [0.3, 0.4) is 0 Å². The lowest BCUT2D eigenvalue weighted by Gasteiger charge is -2.06. The van der Waals surface area contributed by atoms with E-state index < -0.39 is 5.51 Å². The summed E-state index contributed by atoms with van der Waals surface area (Å²) in [7, 11) is 0. The van der Waals surface area contributed by atoms with Crippen molar-refractivity contribution in [2.24, 2.45) is 0 Å². The quantitative estimate of drug-likeness (QED) is 0.636. The van der Waals surface area contributed by atoms with Crippen LogP contribution in [0.2, 0.25) is 0 Å². The Labute approximate surface area is 144 Å². The summed E-state index contributed by atoms with van der Waals surface area (Å²) in [5.74, 6) is 1.34. The highest BCUT2D eigenvalue weighted by Crippen LogP contribution is 2.39. The highest BCUT2D eigenvalue weighted by Gasteiger charge is 2.29. The molecule has 0 unspecified atom stereocenters. The number of hydrogen-bond donors (Lipinski definition) is 1. The number of oxazole rings is 1. The third kappa shape index (κ3) is 3.62. The van der Waals surface area contributed by atoms with Gasteiger partial charge >= 0.3 is 5.51 Å². The van der Waals surface area contributed by atoms with Gasteiger partial charge in [-0.15, -0.1) is 11.8 Å². The molecule has 0 spiro atoms. The fourth-order valence-corrected chi connectivity index (χ4v) is 3.54. The molecule has 0 saturated heterocycles. The highest BCUT2D eigenvalue weighted by molar-refractivity contribution is 8.00. The molecule has 3 rings (SSSR count). The first-order chi connectivity index (χ1) is 11.4. The zero-order valence-electron chi connectivity index (χ0n) is 12.4. The zero-order valence-corrected chi connectivity index (χ0v) is 14.1. The SMILES string of the molecule is CCSc1ccnc(N)c1-c1nc2cc(SC(F)(F)F)ccc2o1. The van der Waals surface area contributed by atoms with E-state index >= 15 is 0 Å². The Hall–Kier alpha value is -1.87. The van der Waals surface area contributed by atoms with Gasteiger partial charge in [-0.1, -0.05) is 6.92 Å². The Kier molecular flexibility index (Phi) is 4.64. The molecular formula is C15H12F3N3OS2. The minimum atomic E-state index is -4.35. The van der Waals surface area contributed by atoms with Gasteiger partial charge in [-0.3, -0.25) is 0 Å². The molecule has 4 nitrogen and oxygen atoms in total. The Balaban J connectivity index is 2.06. The van der Waals surface area contributed by atoms with Gasteiger partial charge in [0.05, 0.1) is 5.56 Å². The number of halogens is 3. The average molecular weight is 371 g/mol. The predicted molar refractivity (Wildman–Crippen MR) is 90.0 cm³/mol. The lowest BCUT2D eigenvalue weighted by molar-refractivity contribution is -0.0328. The molecule has 0 aliphatic rings. The van der Waals surface area contributed by atoms with Crippen LogP contribution in [0, 0.1) is 0 Å². The largest absolute Gasteiger partial charge is 0.446 e. The monoisotopic (exact) mass is 371 g/mol. The van der Waals surface area contributed by atoms with Gasteiger partial charge in [-0.2, -0.15) is 13.2 Å². The van der Waals surface area contributed by atoms with Crippen LogP contribution in [0.4, 0.5) is 19.0 Å². The summed E-state index contributed by atoms with van der Waals surface area (Å²) in [6.45, 7) is 2.00. The van der Waals surface area contributed by atoms with Crippen LogP contribution in [0.15, 0.2) is 44.7 Å². The summed E-state index contributed by atoms with van der Waals surface area (Å²) in [5.41, 5.74) is 2.89. The molecule has 126 valence electrons. The third-order valence-corrected chi connectivity index (χ3v) is 4.71. The normalized spacial score (nSPS) is 12.0. The number of nitrogens with two attached hydrogens (primary N) is 1. The smallest absolute Gasteiger partial charge is 0.436 e. The summed E-state index contributed by atoms with van der Waals surface area (Å²) in [6.07, 6.45) is 1.59. The second kappa shape index (κ2) is 6.56. The number of nitrogens with zero attached hydrogens (tertiary/aromatic N) is 2. The minimum Gasteiger partial charge on any atom is -0.436 e. The summed E-state index contributed by atoms with van der Waals surface area (Å²) in [6, 6.07) is 5.97. The number of alkyl halides is 3. The van der Waals surface area contributed by atoms with Crippen molar-refractivity contribution in [3.05, 3.63) is 30.5 Å². The number of pyridine rings is 1. The van der Waals surface area contributed by atoms with Crippen LogP contribution in [0.25, 0.3) is 22.6 Å². The number of anilines is 1. The van der Waals surface area contributed by atoms with Crippen LogP contribution in [-0.2, 0) is 0 Å². The number of thioether (sulfide) groups is 2. The molecule has 9 heteroatoms. The summed E-state index contributed by atoms with van der Waals surface area (Å²) < 4.78 is 43.2. The summed E-state index contributed by atoms with van der Waals surface area (Å²) in [4.78, 5) is 9.26. The lowest BCUT2D eigenvalue weighted by Crippen LogP contribution is -1.98. The van der Waals surface area contributed by atoms with Crippen molar-refractivity contribution >= 4 is 40.4 Å². The van der Waals surface area contributed by atoms with Crippen molar-refractivity contribution in [1.82, 2.24) is 9.97 Å². The number of hydrogen-bond acceptors (Lipinski definition) is 6. The summed E-state index contributed by atoms with van der Waals surface area (Å²) >= 11 is 1.37. The summed E-state index contributed by atoms with van der Waals surface area (Å²) in [5, 5.41) is 0. The maximum atomic E-state index is 12.5. The number of rotatable bonds is 4. The van der Waals surface area contributed by atoms with E-state index in [4.69, 9.17) is 10.2 Å². The standard InChI is InChI=1S/C15H12F3N3OS2/c1-2-23-11-5-6-20-13(19)12(11)14-21-9-7-8(24-15(16,17)18)3-4-10(9)22-14/h3-7H,2H2,1H3,(H2,19,20). The maximum absolute atomic E-state index is 12.5. The van der Waals surface area contributed by atoms with E-state index in [2.05, 4.69) is 9.97 Å².